The van der Waals surface area contributed by atoms with E-state index in [4.69, 9.17) is 0 Å². The highest BCUT2D eigenvalue weighted by Gasteiger charge is 2.36. The van der Waals surface area contributed by atoms with Gasteiger partial charge in [0.05, 0.1) is 5.92 Å². The summed E-state index contributed by atoms with van der Waals surface area (Å²) in [7, 11) is 0. The first-order valence-electron chi connectivity index (χ1n) is 8.37. The van der Waals surface area contributed by atoms with Crippen molar-refractivity contribution in [1.82, 2.24) is 10.2 Å². The van der Waals surface area contributed by atoms with Crippen molar-refractivity contribution < 1.29 is 23.9 Å². The molecule has 2 atom stereocenters. The lowest BCUT2D eigenvalue weighted by Crippen LogP contribution is -2.55. The first-order chi connectivity index (χ1) is 11.8. The van der Waals surface area contributed by atoms with Gasteiger partial charge in [0.1, 0.15) is 11.4 Å². The van der Waals surface area contributed by atoms with Crippen LogP contribution in [0.3, 0.4) is 0 Å². The Balaban J connectivity index is 2.05. The number of nitrogens with one attached hydrogen (secondary N) is 1. The van der Waals surface area contributed by atoms with Crippen LogP contribution in [-0.2, 0) is 9.59 Å². The van der Waals surface area contributed by atoms with Crippen molar-refractivity contribution in [3.8, 4) is 0 Å². The summed E-state index contributed by atoms with van der Waals surface area (Å²) in [6.07, 6.45) is 1.51. The van der Waals surface area contributed by atoms with Crippen LogP contribution in [0.4, 0.5) is 4.39 Å². The van der Waals surface area contributed by atoms with E-state index < -0.39 is 23.2 Å². The maximum atomic E-state index is 13.0. The Morgan fingerprint density at radius 2 is 1.96 bits per heavy atom. The Labute approximate surface area is 146 Å². The van der Waals surface area contributed by atoms with Crippen LogP contribution in [0.1, 0.15) is 43.5 Å². The average Bonchev–Trinajstić information content (AvgIpc) is 2.61. The zero-order chi connectivity index (χ0) is 18.6. The van der Waals surface area contributed by atoms with Gasteiger partial charge in [-0.15, -0.1) is 0 Å². The molecule has 1 heterocycles. The van der Waals surface area contributed by atoms with E-state index in [0.717, 1.165) is 0 Å². The number of likely N-dealkylation sites (tertiary alicyclic amines) is 1. The number of carbonyl (C=O) groups is 3. The van der Waals surface area contributed by atoms with Gasteiger partial charge in [0.15, 0.2) is 0 Å². The van der Waals surface area contributed by atoms with E-state index in [1.165, 1.54) is 31.2 Å². The number of piperidine rings is 1. The van der Waals surface area contributed by atoms with Crippen LogP contribution in [0.25, 0.3) is 0 Å². The summed E-state index contributed by atoms with van der Waals surface area (Å²) in [6.45, 7) is 3.91. The fraction of sp³-hybridized carbons (Fsp3) is 0.500. The molecule has 25 heavy (non-hydrogen) atoms. The van der Waals surface area contributed by atoms with Gasteiger partial charge in [0.25, 0.3) is 5.91 Å². The highest BCUT2D eigenvalue weighted by atomic mass is 19.1. The fourth-order valence-electron chi connectivity index (χ4n) is 2.82. The molecule has 0 radical (unpaired) electrons. The van der Waals surface area contributed by atoms with Crippen LogP contribution in [0.5, 0.6) is 0 Å². The second-order valence-corrected chi connectivity index (χ2v) is 6.58. The minimum Gasteiger partial charge on any atom is -0.480 e. The topological polar surface area (TPSA) is 86.7 Å². The van der Waals surface area contributed by atoms with Gasteiger partial charge in [-0.05, 0) is 50.5 Å². The Morgan fingerprint density at radius 3 is 2.52 bits per heavy atom. The number of amides is 2. The first kappa shape index (κ1) is 18.9. The molecule has 6 nitrogen and oxygen atoms in total. The summed E-state index contributed by atoms with van der Waals surface area (Å²) in [5, 5.41) is 11.9. The average molecular weight is 350 g/mol. The number of carboxylic acid groups (broad SMARTS) is 1. The van der Waals surface area contributed by atoms with E-state index in [-0.39, 0.29) is 24.8 Å². The molecule has 2 rings (SSSR count). The Kier molecular flexibility index (Phi) is 5.77. The van der Waals surface area contributed by atoms with Crippen molar-refractivity contribution in [3.05, 3.63) is 35.6 Å². The number of hydrogen-bond acceptors (Lipinski definition) is 3. The fourth-order valence-corrected chi connectivity index (χ4v) is 2.82. The molecule has 2 unspecified atom stereocenters. The second kappa shape index (κ2) is 7.63. The number of benzene rings is 1. The summed E-state index contributed by atoms with van der Waals surface area (Å²) in [5.74, 6) is -2.57. The van der Waals surface area contributed by atoms with Gasteiger partial charge in [-0.3, -0.25) is 9.59 Å². The summed E-state index contributed by atoms with van der Waals surface area (Å²) in [6, 6.07) is 5.28. The summed E-state index contributed by atoms with van der Waals surface area (Å²) in [4.78, 5) is 37.9. The van der Waals surface area contributed by atoms with Crippen molar-refractivity contribution in [1.29, 1.82) is 0 Å². The molecule has 2 N–H and O–H groups in total. The van der Waals surface area contributed by atoms with Crippen molar-refractivity contribution >= 4 is 17.8 Å². The van der Waals surface area contributed by atoms with Gasteiger partial charge in [0, 0.05) is 18.7 Å². The van der Waals surface area contributed by atoms with E-state index in [0.29, 0.717) is 24.9 Å². The normalized spacial score (nSPS) is 19.8. The van der Waals surface area contributed by atoms with E-state index in [1.807, 2.05) is 0 Å². The summed E-state index contributed by atoms with van der Waals surface area (Å²) in [5.41, 5.74) is -0.952. The minimum atomic E-state index is -1.32. The van der Waals surface area contributed by atoms with Gasteiger partial charge in [-0.25, -0.2) is 9.18 Å². The lowest BCUT2D eigenvalue weighted by molar-refractivity contribution is -0.148. The number of hydrogen-bond donors (Lipinski definition) is 2. The van der Waals surface area contributed by atoms with Crippen LogP contribution >= 0.6 is 0 Å². The minimum absolute atomic E-state index is 0.224. The van der Waals surface area contributed by atoms with Gasteiger partial charge < -0.3 is 15.3 Å². The van der Waals surface area contributed by atoms with E-state index in [2.05, 4.69) is 5.32 Å². The predicted molar refractivity (Wildman–Crippen MR) is 89.5 cm³/mol. The van der Waals surface area contributed by atoms with Crippen LogP contribution < -0.4 is 5.32 Å². The molecule has 1 fully saturated rings. The molecule has 1 aromatic rings. The molecule has 1 aromatic carbocycles. The van der Waals surface area contributed by atoms with Crippen LogP contribution in [0.15, 0.2) is 24.3 Å². The second-order valence-electron chi connectivity index (χ2n) is 6.58. The number of halogens is 1. The number of carboxylic acids is 1. The number of aliphatic carboxylic acids is 1. The van der Waals surface area contributed by atoms with Crippen molar-refractivity contribution in [2.24, 2.45) is 5.92 Å². The van der Waals surface area contributed by atoms with Gasteiger partial charge in [0.2, 0.25) is 5.91 Å². The SMILES string of the molecule is CCC(C)(NC(=O)C1CCCN(C(=O)c2ccc(F)cc2)C1)C(=O)O. The van der Waals surface area contributed by atoms with Crippen LogP contribution in [0, 0.1) is 11.7 Å². The zero-order valence-corrected chi connectivity index (χ0v) is 14.4. The molecule has 0 bridgehead atoms. The van der Waals surface area contributed by atoms with Crippen LogP contribution in [-0.4, -0.2) is 46.4 Å². The molecule has 7 heteroatoms. The number of carbonyl (C=O) groups excluding carboxylic acids is 2. The molecule has 0 saturated carbocycles. The van der Waals surface area contributed by atoms with Gasteiger partial charge >= 0.3 is 5.97 Å². The monoisotopic (exact) mass is 350 g/mol. The molecule has 1 saturated heterocycles. The van der Waals surface area contributed by atoms with Crippen LogP contribution in [0.2, 0.25) is 0 Å². The molecule has 2 amide bonds. The maximum Gasteiger partial charge on any atom is 0.329 e. The van der Waals surface area contributed by atoms with E-state index in [9.17, 15) is 23.9 Å². The third-order valence-electron chi connectivity index (χ3n) is 4.75. The maximum absolute atomic E-state index is 13.0. The standard InChI is InChI=1S/C18H23FN2O4/c1-3-18(2,17(24)25)20-15(22)13-5-4-10-21(11-13)16(23)12-6-8-14(19)9-7-12/h6-9,13H,3-5,10-11H2,1-2H3,(H,20,22)(H,24,25). The van der Waals surface area contributed by atoms with E-state index in [1.54, 1.807) is 11.8 Å². The Bertz CT molecular complexity index is 662. The molecule has 0 aliphatic carbocycles. The quantitative estimate of drug-likeness (QED) is 0.851. The Morgan fingerprint density at radius 1 is 1.32 bits per heavy atom. The third kappa shape index (κ3) is 4.35. The third-order valence-corrected chi connectivity index (χ3v) is 4.75. The summed E-state index contributed by atoms with van der Waals surface area (Å²) >= 11 is 0. The van der Waals surface area contributed by atoms with Crippen molar-refractivity contribution in [2.75, 3.05) is 13.1 Å². The largest absolute Gasteiger partial charge is 0.480 e. The molecule has 136 valence electrons. The lowest BCUT2D eigenvalue weighted by Gasteiger charge is -2.34. The number of nitrogens with zero attached hydrogens (tertiary/aromatic N) is 1. The smallest absolute Gasteiger partial charge is 0.329 e. The molecule has 0 aromatic heterocycles. The lowest BCUT2D eigenvalue weighted by atomic mass is 9.93. The highest BCUT2D eigenvalue weighted by Crippen LogP contribution is 2.21. The van der Waals surface area contributed by atoms with Crippen molar-refractivity contribution in [3.63, 3.8) is 0 Å². The van der Waals surface area contributed by atoms with E-state index >= 15 is 0 Å². The molecule has 1 aliphatic heterocycles. The molecular formula is C18H23FN2O4. The van der Waals surface area contributed by atoms with Gasteiger partial charge in [-0.2, -0.15) is 0 Å². The van der Waals surface area contributed by atoms with Gasteiger partial charge in [-0.1, -0.05) is 6.92 Å². The predicted octanol–water partition coefficient (Wildman–Crippen LogP) is 2.05. The van der Waals surface area contributed by atoms with Crippen molar-refractivity contribution in [2.45, 2.75) is 38.6 Å². The molecule has 1 aliphatic rings. The Hall–Kier alpha value is -2.44. The molecule has 0 spiro atoms. The summed E-state index contributed by atoms with van der Waals surface area (Å²) < 4.78 is 13.0. The zero-order valence-electron chi connectivity index (χ0n) is 14.4. The number of rotatable bonds is 5. The highest BCUT2D eigenvalue weighted by molar-refractivity contribution is 5.95. The first-order valence-corrected chi connectivity index (χ1v) is 8.37. The molecular weight excluding hydrogens is 327 g/mol.